The van der Waals surface area contributed by atoms with Gasteiger partial charge in [-0.2, -0.15) is 13.2 Å². The molecule has 4 aromatic carbocycles. The summed E-state index contributed by atoms with van der Waals surface area (Å²) in [7, 11) is 0. The number of esters is 1. The van der Waals surface area contributed by atoms with Gasteiger partial charge in [0, 0.05) is 40.8 Å². The molecule has 258 valence electrons. The molecule has 0 radical (unpaired) electrons. The first-order chi connectivity index (χ1) is 23.9. The first-order valence-corrected chi connectivity index (χ1v) is 17.1. The van der Waals surface area contributed by atoms with Crippen molar-refractivity contribution < 1.29 is 27.5 Å². The summed E-state index contributed by atoms with van der Waals surface area (Å²) >= 11 is 12.5. The average Bonchev–Trinajstić information content (AvgIpc) is 3.75. The van der Waals surface area contributed by atoms with E-state index in [9.17, 15) is 22.8 Å². The van der Waals surface area contributed by atoms with E-state index in [-0.39, 0.29) is 24.8 Å². The maximum atomic E-state index is 13.1. The van der Waals surface area contributed by atoms with Crippen LogP contribution in [0.4, 0.5) is 18.9 Å². The Labute approximate surface area is 296 Å². The second-order valence-electron chi connectivity index (χ2n) is 12.9. The molecular weight excluding hydrogens is 688 g/mol. The number of ether oxygens (including phenoxy) is 1. The van der Waals surface area contributed by atoms with E-state index in [0.29, 0.717) is 34.5 Å². The monoisotopic (exact) mass is 720 g/mol. The number of aromatic nitrogens is 2. The fourth-order valence-corrected chi connectivity index (χ4v) is 7.32. The third-order valence-electron chi connectivity index (χ3n) is 9.52. The Kier molecular flexibility index (Phi) is 9.26. The maximum Gasteiger partial charge on any atom is 0.490 e. The number of carbonyl (C=O) groups is 2. The molecule has 7 rings (SSSR count). The SMILES string of the molecule is NC(=O)Cc1cccc(N2CCC(n3c(C4CC4OC(=O)C(F)(F)F)nc4ccc(C(c5ccc(Cl)cc5)c5ccc(Cl)cc5)cc43)CC2)c1. The van der Waals surface area contributed by atoms with Crippen molar-refractivity contribution in [2.75, 3.05) is 18.0 Å². The summed E-state index contributed by atoms with van der Waals surface area (Å²) in [5.74, 6) is -2.58. The number of hydrogen-bond donors (Lipinski definition) is 1. The Bertz CT molecular complexity index is 2000. The number of benzene rings is 4. The summed E-state index contributed by atoms with van der Waals surface area (Å²) in [5.41, 5.74) is 11.9. The number of nitrogens with zero attached hydrogens (tertiary/aromatic N) is 3. The van der Waals surface area contributed by atoms with E-state index in [1.807, 2.05) is 84.9 Å². The fourth-order valence-electron chi connectivity index (χ4n) is 7.07. The van der Waals surface area contributed by atoms with Gasteiger partial charge in [0.2, 0.25) is 5.91 Å². The number of hydrogen-bond acceptors (Lipinski definition) is 5. The molecule has 2 unspecified atom stereocenters. The molecule has 1 aromatic heterocycles. The Balaban J connectivity index is 1.26. The summed E-state index contributed by atoms with van der Waals surface area (Å²) in [6.45, 7) is 1.41. The van der Waals surface area contributed by atoms with E-state index >= 15 is 0 Å². The first-order valence-electron chi connectivity index (χ1n) is 16.4. The van der Waals surface area contributed by atoms with Gasteiger partial charge < -0.3 is 19.9 Å². The smallest absolute Gasteiger partial charge is 0.455 e. The van der Waals surface area contributed by atoms with E-state index in [2.05, 4.69) is 15.5 Å². The number of piperidine rings is 1. The largest absolute Gasteiger partial charge is 0.490 e. The third kappa shape index (κ3) is 7.18. The van der Waals surface area contributed by atoms with Crippen LogP contribution in [0.25, 0.3) is 11.0 Å². The van der Waals surface area contributed by atoms with Gasteiger partial charge in [0.1, 0.15) is 11.9 Å². The van der Waals surface area contributed by atoms with Gasteiger partial charge in [-0.15, -0.1) is 0 Å². The number of rotatable bonds is 9. The minimum Gasteiger partial charge on any atom is -0.455 e. The molecule has 2 atom stereocenters. The minimum absolute atomic E-state index is 0.0145. The molecule has 5 aromatic rings. The van der Waals surface area contributed by atoms with Crippen LogP contribution < -0.4 is 10.6 Å². The van der Waals surface area contributed by atoms with E-state index in [1.165, 1.54) is 0 Å². The van der Waals surface area contributed by atoms with Crippen molar-refractivity contribution in [3.8, 4) is 0 Å². The molecule has 0 bridgehead atoms. The van der Waals surface area contributed by atoms with Crippen LogP contribution >= 0.6 is 23.2 Å². The number of alkyl halides is 3. The lowest BCUT2D eigenvalue weighted by Gasteiger charge is -2.35. The van der Waals surface area contributed by atoms with E-state index in [1.54, 1.807) is 0 Å². The predicted octanol–water partition coefficient (Wildman–Crippen LogP) is 8.35. The normalized spacial score (nSPS) is 18.1. The van der Waals surface area contributed by atoms with Crippen LogP contribution in [-0.4, -0.2) is 46.8 Å². The van der Waals surface area contributed by atoms with Crippen molar-refractivity contribution in [1.82, 2.24) is 9.55 Å². The number of imidazole rings is 1. The summed E-state index contributed by atoms with van der Waals surface area (Å²) in [5, 5.41) is 1.25. The Morgan fingerprint density at radius 2 is 1.50 bits per heavy atom. The van der Waals surface area contributed by atoms with Crippen molar-refractivity contribution >= 4 is 51.8 Å². The van der Waals surface area contributed by atoms with Crippen LogP contribution in [0.2, 0.25) is 10.0 Å². The molecule has 0 spiro atoms. The molecule has 1 saturated carbocycles. The van der Waals surface area contributed by atoms with Crippen LogP contribution in [-0.2, 0) is 20.7 Å². The third-order valence-corrected chi connectivity index (χ3v) is 10.0. The van der Waals surface area contributed by atoms with Gasteiger partial charge in [0.05, 0.1) is 23.4 Å². The second kappa shape index (κ2) is 13.6. The standard InChI is InChI=1S/C38H33Cl2F3N4O3/c39-26-9-4-23(5-10-26)35(24-6-11-27(40)12-7-24)25-8-13-31-32(20-25)47(36(45-31)30-21-33(30)50-37(49)38(41,42)43)28-14-16-46(17-15-28)29-3-1-2-22(18-29)19-34(44)48/h1-13,18,20,28,30,33,35H,14-17,19,21H2,(H2,44,48). The number of nitrogens with two attached hydrogens (primary N) is 1. The van der Waals surface area contributed by atoms with Crippen molar-refractivity contribution in [1.29, 1.82) is 0 Å². The maximum absolute atomic E-state index is 13.1. The molecule has 1 amide bonds. The number of amides is 1. The Morgan fingerprint density at radius 3 is 2.10 bits per heavy atom. The fraction of sp³-hybridized carbons (Fsp3) is 0.289. The topological polar surface area (TPSA) is 90.5 Å². The van der Waals surface area contributed by atoms with Crippen LogP contribution in [0, 0.1) is 0 Å². The summed E-state index contributed by atoms with van der Waals surface area (Å²) in [6.07, 6.45) is -4.07. The Hall–Kier alpha value is -4.54. The molecular formula is C38H33Cl2F3N4O3. The first kappa shape index (κ1) is 33.9. The highest BCUT2D eigenvalue weighted by Gasteiger charge is 2.51. The van der Waals surface area contributed by atoms with Crippen LogP contribution in [0.15, 0.2) is 91.0 Å². The van der Waals surface area contributed by atoms with Crippen molar-refractivity contribution in [3.05, 3.63) is 129 Å². The zero-order valence-electron chi connectivity index (χ0n) is 26.7. The highest BCUT2D eigenvalue weighted by Crippen LogP contribution is 2.47. The molecule has 1 aliphatic carbocycles. The zero-order chi connectivity index (χ0) is 35.2. The van der Waals surface area contributed by atoms with Crippen molar-refractivity contribution in [2.24, 2.45) is 5.73 Å². The number of halogens is 5. The van der Waals surface area contributed by atoms with Gasteiger partial charge in [0.25, 0.3) is 0 Å². The highest BCUT2D eigenvalue weighted by molar-refractivity contribution is 6.30. The van der Waals surface area contributed by atoms with E-state index in [0.717, 1.165) is 46.3 Å². The lowest BCUT2D eigenvalue weighted by Crippen LogP contribution is -2.35. The number of primary amides is 1. The Morgan fingerprint density at radius 1 is 0.880 bits per heavy atom. The average molecular weight is 722 g/mol. The van der Waals surface area contributed by atoms with Crippen molar-refractivity contribution in [2.45, 2.75) is 55.8 Å². The quantitative estimate of drug-likeness (QED) is 0.122. The molecule has 2 N–H and O–H groups in total. The van der Waals surface area contributed by atoms with Crippen LogP contribution in [0.3, 0.4) is 0 Å². The van der Waals surface area contributed by atoms with Crippen LogP contribution in [0.1, 0.15) is 65.2 Å². The van der Waals surface area contributed by atoms with Crippen molar-refractivity contribution in [3.63, 3.8) is 0 Å². The summed E-state index contributed by atoms with van der Waals surface area (Å²) < 4.78 is 46.2. The van der Waals surface area contributed by atoms with Gasteiger partial charge in [-0.25, -0.2) is 9.78 Å². The second-order valence-corrected chi connectivity index (χ2v) is 13.8. The molecule has 2 fully saturated rings. The van der Waals surface area contributed by atoms with Gasteiger partial charge >= 0.3 is 12.1 Å². The van der Waals surface area contributed by atoms with E-state index < -0.39 is 30.1 Å². The molecule has 7 nitrogen and oxygen atoms in total. The molecule has 50 heavy (non-hydrogen) atoms. The summed E-state index contributed by atoms with van der Waals surface area (Å²) in [4.78, 5) is 30.4. The van der Waals surface area contributed by atoms with Gasteiger partial charge in [0.15, 0.2) is 0 Å². The van der Waals surface area contributed by atoms with Crippen LogP contribution in [0.5, 0.6) is 0 Å². The van der Waals surface area contributed by atoms with E-state index in [4.69, 9.17) is 38.7 Å². The lowest BCUT2D eigenvalue weighted by molar-refractivity contribution is -0.201. The summed E-state index contributed by atoms with van der Waals surface area (Å²) in [6, 6.07) is 29.2. The molecule has 2 aliphatic rings. The zero-order valence-corrected chi connectivity index (χ0v) is 28.3. The lowest BCUT2D eigenvalue weighted by atomic mass is 9.85. The molecule has 1 aliphatic heterocycles. The van der Waals surface area contributed by atoms with Gasteiger partial charge in [-0.3, -0.25) is 4.79 Å². The minimum atomic E-state index is -5.07. The molecule has 1 saturated heterocycles. The highest BCUT2D eigenvalue weighted by atomic mass is 35.5. The number of fused-ring (bicyclic) bond motifs is 1. The number of carbonyl (C=O) groups excluding carboxylic acids is 2. The molecule has 2 heterocycles. The van der Waals surface area contributed by atoms with Gasteiger partial charge in [-0.05, 0) is 90.0 Å². The number of anilines is 1. The molecule has 12 heteroatoms. The predicted molar refractivity (Wildman–Crippen MR) is 187 cm³/mol. The van der Waals surface area contributed by atoms with Gasteiger partial charge in [-0.1, -0.05) is 65.7 Å².